The van der Waals surface area contributed by atoms with Crippen LogP contribution in [0.4, 0.5) is 0 Å². The zero-order valence-electron chi connectivity index (χ0n) is 11.6. The summed E-state index contributed by atoms with van der Waals surface area (Å²) >= 11 is 3.38. The molecule has 0 aliphatic carbocycles. The van der Waals surface area contributed by atoms with Gasteiger partial charge < -0.3 is 10.6 Å². The van der Waals surface area contributed by atoms with Crippen molar-refractivity contribution in [2.75, 3.05) is 6.54 Å². The summed E-state index contributed by atoms with van der Waals surface area (Å²) in [5.74, 6) is 0.105. The second-order valence-corrected chi connectivity index (χ2v) is 5.99. The SMILES string of the molecule is Cn1c(Br)cc2nc(CNCC3CCC(=O)N3)cc(=O)n21. The summed E-state index contributed by atoms with van der Waals surface area (Å²) in [6, 6.07) is 3.51. The largest absolute Gasteiger partial charge is 0.352 e. The first-order chi connectivity index (χ1) is 10.0. The van der Waals surface area contributed by atoms with Crippen molar-refractivity contribution < 1.29 is 4.79 Å². The highest BCUT2D eigenvalue weighted by Gasteiger charge is 2.19. The highest BCUT2D eigenvalue weighted by Crippen LogP contribution is 2.12. The third kappa shape index (κ3) is 2.86. The third-order valence-electron chi connectivity index (χ3n) is 3.61. The van der Waals surface area contributed by atoms with E-state index in [1.165, 1.54) is 10.6 Å². The molecule has 3 rings (SSSR count). The molecule has 1 atom stereocenters. The van der Waals surface area contributed by atoms with Gasteiger partial charge in [-0.1, -0.05) is 0 Å². The number of fused-ring (bicyclic) bond motifs is 1. The summed E-state index contributed by atoms with van der Waals surface area (Å²) in [6.45, 7) is 1.19. The first-order valence-corrected chi connectivity index (χ1v) is 7.58. The van der Waals surface area contributed by atoms with Crippen LogP contribution in [0.2, 0.25) is 0 Å². The van der Waals surface area contributed by atoms with Crippen LogP contribution in [0.15, 0.2) is 21.5 Å². The number of amides is 1. The average molecular weight is 354 g/mol. The van der Waals surface area contributed by atoms with Gasteiger partial charge in [0.2, 0.25) is 5.91 Å². The van der Waals surface area contributed by atoms with E-state index in [1.807, 2.05) is 6.07 Å². The molecular weight excluding hydrogens is 338 g/mol. The number of nitrogens with zero attached hydrogens (tertiary/aromatic N) is 3. The molecule has 1 aliphatic rings. The number of aryl methyl sites for hydroxylation is 1. The van der Waals surface area contributed by atoms with Gasteiger partial charge in [-0.2, -0.15) is 4.52 Å². The summed E-state index contributed by atoms with van der Waals surface area (Å²) in [5, 5.41) is 6.13. The lowest BCUT2D eigenvalue weighted by molar-refractivity contribution is -0.119. The Morgan fingerprint density at radius 1 is 1.48 bits per heavy atom. The van der Waals surface area contributed by atoms with Crippen LogP contribution < -0.4 is 16.2 Å². The number of hydrogen-bond acceptors (Lipinski definition) is 4. The molecule has 2 aromatic heterocycles. The van der Waals surface area contributed by atoms with E-state index in [-0.39, 0.29) is 17.5 Å². The Morgan fingerprint density at radius 3 is 3.00 bits per heavy atom. The summed E-state index contributed by atoms with van der Waals surface area (Å²) in [5.41, 5.74) is 1.20. The minimum absolute atomic E-state index is 0.105. The van der Waals surface area contributed by atoms with Crippen LogP contribution in [-0.4, -0.2) is 32.7 Å². The van der Waals surface area contributed by atoms with Gasteiger partial charge in [-0.15, -0.1) is 0 Å². The fourth-order valence-corrected chi connectivity index (χ4v) is 2.89. The lowest BCUT2D eigenvalue weighted by Crippen LogP contribution is -2.35. The van der Waals surface area contributed by atoms with Crippen molar-refractivity contribution in [1.82, 2.24) is 24.8 Å². The standard InChI is InChI=1S/C13H16BrN5O2/c1-18-10(14)5-11-16-9(4-13(21)19(11)18)7-15-6-8-2-3-12(20)17-8/h4-5,8,15H,2-3,6-7H2,1H3,(H,17,20). The molecule has 1 unspecified atom stereocenters. The number of nitrogens with one attached hydrogen (secondary N) is 2. The van der Waals surface area contributed by atoms with E-state index >= 15 is 0 Å². The molecule has 0 saturated carbocycles. The number of carbonyl (C=O) groups excluding carboxylic acids is 1. The van der Waals surface area contributed by atoms with Gasteiger partial charge in [-0.25, -0.2) is 4.98 Å². The van der Waals surface area contributed by atoms with Gasteiger partial charge >= 0.3 is 0 Å². The molecule has 2 N–H and O–H groups in total. The Balaban J connectivity index is 1.70. The van der Waals surface area contributed by atoms with E-state index in [2.05, 4.69) is 31.5 Å². The van der Waals surface area contributed by atoms with E-state index in [1.54, 1.807) is 11.7 Å². The predicted octanol–water partition coefficient (Wildman–Crippen LogP) is 0.164. The number of halogens is 1. The maximum absolute atomic E-state index is 12.1. The second kappa shape index (κ2) is 5.61. The molecule has 112 valence electrons. The Bertz CT molecular complexity index is 751. The molecule has 0 aromatic carbocycles. The Kier molecular flexibility index (Phi) is 3.81. The van der Waals surface area contributed by atoms with Crippen molar-refractivity contribution in [3.63, 3.8) is 0 Å². The van der Waals surface area contributed by atoms with Gasteiger partial charge in [0.05, 0.1) is 5.69 Å². The molecule has 0 spiro atoms. The van der Waals surface area contributed by atoms with Crippen LogP contribution >= 0.6 is 15.9 Å². The van der Waals surface area contributed by atoms with E-state index < -0.39 is 0 Å². The highest BCUT2D eigenvalue weighted by molar-refractivity contribution is 9.10. The normalized spacial score (nSPS) is 18.4. The summed E-state index contributed by atoms with van der Waals surface area (Å²) in [4.78, 5) is 27.7. The fraction of sp³-hybridized carbons (Fsp3) is 0.462. The first-order valence-electron chi connectivity index (χ1n) is 6.79. The molecule has 1 amide bonds. The molecule has 0 radical (unpaired) electrons. The molecule has 3 heterocycles. The third-order valence-corrected chi connectivity index (χ3v) is 4.36. The summed E-state index contributed by atoms with van der Waals surface area (Å²) in [6.07, 6.45) is 1.45. The smallest absolute Gasteiger partial charge is 0.273 e. The number of hydrogen-bond donors (Lipinski definition) is 2. The van der Waals surface area contributed by atoms with Crippen LogP contribution in [0.5, 0.6) is 0 Å². The fourth-order valence-electron chi connectivity index (χ4n) is 2.53. The van der Waals surface area contributed by atoms with Crippen LogP contribution in [0.25, 0.3) is 5.65 Å². The second-order valence-electron chi connectivity index (χ2n) is 5.18. The van der Waals surface area contributed by atoms with E-state index in [9.17, 15) is 9.59 Å². The van der Waals surface area contributed by atoms with Gasteiger partial charge in [-0.3, -0.25) is 14.3 Å². The maximum atomic E-state index is 12.1. The average Bonchev–Trinajstić information content (AvgIpc) is 2.95. The number of rotatable bonds is 4. The van der Waals surface area contributed by atoms with Gasteiger partial charge in [0, 0.05) is 44.7 Å². The predicted molar refractivity (Wildman–Crippen MR) is 81.0 cm³/mol. The van der Waals surface area contributed by atoms with Crippen LogP contribution in [-0.2, 0) is 18.4 Å². The highest BCUT2D eigenvalue weighted by atomic mass is 79.9. The molecule has 21 heavy (non-hydrogen) atoms. The summed E-state index contributed by atoms with van der Waals surface area (Å²) in [7, 11) is 1.79. The Labute approximate surface area is 129 Å². The molecule has 8 heteroatoms. The van der Waals surface area contributed by atoms with Crippen molar-refractivity contribution in [3.8, 4) is 0 Å². The molecule has 1 saturated heterocycles. The van der Waals surface area contributed by atoms with E-state index in [0.717, 1.165) is 11.0 Å². The van der Waals surface area contributed by atoms with E-state index in [4.69, 9.17) is 0 Å². The molecule has 0 bridgehead atoms. The van der Waals surface area contributed by atoms with Crippen molar-refractivity contribution in [3.05, 3.63) is 32.8 Å². The zero-order chi connectivity index (χ0) is 15.0. The topological polar surface area (TPSA) is 80.4 Å². The van der Waals surface area contributed by atoms with Crippen LogP contribution in [0, 0.1) is 0 Å². The summed E-state index contributed by atoms with van der Waals surface area (Å²) < 4.78 is 4.01. The minimum Gasteiger partial charge on any atom is -0.352 e. The monoisotopic (exact) mass is 353 g/mol. The van der Waals surface area contributed by atoms with Crippen molar-refractivity contribution in [2.24, 2.45) is 7.05 Å². The first kappa shape index (κ1) is 14.3. The molecule has 7 nitrogen and oxygen atoms in total. The van der Waals surface area contributed by atoms with Crippen molar-refractivity contribution in [1.29, 1.82) is 0 Å². The van der Waals surface area contributed by atoms with Crippen molar-refractivity contribution >= 4 is 27.5 Å². The van der Waals surface area contributed by atoms with E-state index in [0.29, 0.717) is 30.9 Å². The maximum Gasteiger partial charge on any atom is 0.273 e. The molecule has 1 fully saturated rings. The molecule has 2 aromatic rings. The Morgan fingerprint density at radius 2 is 2.29 bits per heavy atom. The minimum atomic E-state index is -0.112. The lowest BCUT2D eigenvalue weighted by Gasteiger charge is -2.11. The van der Waals surface area contributed by atoms with Gasteiger partial charge in [0.1, 0.15) is 4.60 Å². The van der Waals surface area contributed by atoms with Crippen LogP contribution in [0.3, 0.4) is 0 Å². The number of aromatic nitrogens is 3. The number of carbonyl (C=O) groups is 1. The van der Waals surface area contributed by atoms with Crippen molar-refractivity contribution in [2.45, 2.75) is 25.4 Å². The zero-order valence-corrected chi connectivity index (χ0v) is 13.2. The lowest BCUT2D eigenvalue weighted by atomic mass is 10.2. The van der Waals surface area contributed by atoms with Gasteiger partial charge in [0.25, 0.3) is 5.56 Å². The van der Waals surface area contributed by atoms with Crippen LogP contribution in [0.1, 0.15) is 18.5 Å². The van der Waals surface area contributed by atoms with Gasteiger partial charge in [0.15, 0.2) is 5.65 Å². The van der Waals surface area contributed by atoms with Gasteiger partial charge in [-0.05, 0) is 22.4 Å². The quantitative estimate of drug-likeness (QED) is 0.820. The Hall–Kier alpha value is -1.67. The molecule has 1 aliphatic heterocycles. The molecular formula is C13H16BrN5O2.